The maximum Gasteiger partial charge on any atom is 0.274 e. The van der Waals surface area contributed by atoms with Gasteiger partial charge in [-0.25, -0.2) is 4.39 Å². The number of rotatable bonds is 4. The van der Waals surface area contributed by atoms with Crippen LogP contribution in [0.25, 0.3) is 0 Å². The Balaban J connectivity index is 1.77. The van der Waals surface area contributed by atoms with E-state index >= 15 is 0 Å². The molecule has 27 heavy (non-hydrogen) atoms. The largest absolute Gasteiger partial charge is 0.322 e. The molecule has 1 aromatic heterocycles. The Bertz CT molecular complexity index is 980. The lowest BCUT2D eigenvalue weighted by molar-refractivity contribution is 0.102. The van der Waals surface area contributed by atoms with Crippen LogP contribution in [-0.2, 0) is 0 Å². The number of benzene rings is 2. The van der Waals surface area contributed by atoms with E-state index in [-0.39, 0.29) is 17.1 Å². The Morgan fingerprint density at radius 2 is 1.56 bits per heavy atom. The van der Waals surface area contributed by atoms with Crippen LogP contribution in [0.4, 0.5) is 15.8 Å². The molecule has 136 valence electrons. The molecule has 0 aliphatic rings. The van der Waals surface area contributed by atoms with Crippen molar-refractivity contribution in [3.63, 3.8) is 0 Å². The topological polar surface area (TPSA) is 71.1 Å². The zero-order chi connectivity index (χ0) is 19.4. The fourth-order valence-electron chi connectivity index (χ4n) is 2.62. The van der Waals surface area contributed by atoms with Gasteiger partial charge in [0.25, 0.3) is 11.8 Å². The van der Waals surface area contributed by atoms with E-state index in [4.69, 9.17) is 0 Å². The van der Waals surface area contributed by atoms with Crippen LogP contribution in [0.5, 0.6) is 0 Å². The average Bonchev–Trinajstić information content (AvgIpc) is 2.66. The molecule has 0 aliphatic carbocycles. The maximum absolute atomic E-state index is 13.0. The van der Waals surface area contributed by atoms with Gasteiger partial charge in [-0.05, 0) is 61.4 Å². The van der Waals surface area contributed by atoms with Crippen molar-refractivity contribution in [2.24, 2.45) is 0 Å². The second-order valence-corrected chi connectivity index (χ2v) is 6.11. The highest BCUT2D eigenvalue weighted by Gasteiger charge is 2.14. The monoisotopic (exact) mass is 363 g/mol. The highest BCUT2D eigenvalue weighted by Crippen LogP contribution is 2.20. The Labute approximate surface area is 156 Å². The Kier molecular flexibility index (Phi) is 5.26. The molecule has 2 aromatic carbocycles. The van der Waals surface area contributed by atoms with Gasteiger partial charge in [0, 0.05) is 23.1 Å². The van der Waals surface area contributed by atoms with E-state index in [0.29, 0.717) is 5.69 Å². The van der Waals surface area contributed by atoms with Crippen LogP contribution < -0.4 is 10.6 Å². The summed E-state index contributed by atoms with van der Waals surface area (Å²) in [6, 6.07) is 14.1. The predicted octanol–water partition coefficient (Wildman–Crippen LogP) is 4.34. The van der Waals surface area contributed by atoms with E-state index in [9.17, 15) is 14.0 Å². The van der Waals surface area contributed by atoms with Crippen molar-refractivity contribution in [3.8, 4) is 0 Å². The number of pyridine rings is 1. The second kappa shape index (κ2) is 7.78. The summed E-state index contributed by atoms with van der Waals surface area (Å²) in [6.07, 6.45) is 1.40. The molecule has 0 saturated heterocycles. The van der Waals surface area contributed by atoms with E-state index in [0.717, 1.165) is 16.8 Å². The maximum atomic E-state index is 13.0. The summed E-state index contributed by atoms with van der Waals surface area (Å²) in [6.45, 7) is 3.81. The minimum absolute atomic E-state index is 0.129. The number of hydrogen-bond donors (Lipinski definition) is 2. The van der Waals surface area contributed by atoms with Crippen molar-refractivity contribution in [3.05, 3.63) is 89.0 Å². The lowest BCUT2D eigenvalue weighted by Gasteiger charge is -2.11. The zero-order valence-corrected chi connectivity index (χ0v) is 14.9. The molecule has 2 amide bonds. The van der Waals surface area contributed by atoms with Crippen molar-refractivity contribution in [2.75, 3.05) is 10.6 Å². The van der Waals surface area contributed by atoms with E-state index in [1.165, 1.54) is 42.6 Å². The van der Waals surface area contributed by atoms with Crippen LogP contribution >= 0.6 is 0 Å². The second-order valence-electron chi connectivity index (χ2n) is 6.11. The van der Waals surface area contributed by atoms with Crippen molar-refractivity contribution in [2.45, 2.75) is 13.8 Å². The molecule has 0 unspecified atom stereocenters. The van der Waals surface area contributed by atoms with E-state index in [1.54, 1.807) is 0 Å². The number of anilines is 2. The number of carbonyl (C=O) groups excluding carboxylic acids is 2. The number of aromatic nitrogens is 1. The summed E-state index contributed by atoms with van der Waals surface area (Å²) in [5.41, 5.74) is 3.47. The van der Waals surface area contributed by atoms with Gasteiger partial charge in [0.2, 0.25) is 0 Å². The Hall–Kier alpha value is -3.54. The van der Waals surface area contributed by atoms with Crippen molar-refractivity contribution < 1.29 is 14.0 Å². The molecule has 3 rings (SSSR count). The van der Waals surface area contributed by atoms with Gasteiger partial charge in [-0.3, -0.25) is 14.6 Å². The van der Waals surface area contributed by atoms with E-state index in [1.807, 2.05) is 32.0 Å². The highest BCUT2D eigenvalue weighted by molar-refractivity contribution is 6.08. The fraction of sp³-hybridized carbons (Fsp3) is 0.0952. The van der Waals surface area contributed by atoms with Gasteiger partial charge < -0.3 is 10.6 Å². The molecule has 3 aromatic rings. The first-order valence-corrected chi connectivity index (χ1v) is 8.34. The van der Waals surface area contributed by atoms with E-state index in [2.05, 4.69) is 15.6 Å². The molecule has 0 radical (unpaired) electrons. The summed E-state index contributed by atoms with van der Waals surface area (Å²) in [5.74, 6) is -1.20. The number of hydrogen-bond acceptors (Lipinski definition) is 3. The molecular weight excluding hydrogens is 345 g/mol. The Morgan fingerprint density at radius 1 is 0.889 bits per heavy atom. The summed E-state index contributed by atoms with van der Waals surface area (Å²) < 4.78 is 13.0. The summed E-state index contributed by atoms with van der Waals surface area (Å²) in [7, 11) is 0. The summed E-state index contributed by atoms with van der Waals surface area (Å²) in [5, 5.41) is 5.50. The molecule has 1 heterocycles. The van der Waals surface area contributed by atoms with Gasteiger partial charge in [-0.2, -0.15) is 0 Å². The first-order valence-electron chi connectivity index (χ1n) is 8.34. The minimum Gasteiger partial charge on any atom is -0.322 e. The number of nitrogens with zero attached hydrogens (tertiary/aromatic N) is 1. The average molecular weight is 363 g/mol. The predicted molar refractivity (Wildman–Crippen MR) is 102 cm³/mol. The van der Waals surface area contributed by atoms with Crippen LogP contribution in [0.3, 0.4) is 0 Å². The third-order valence-corrected chi connectivity index (χ3v) is 4.08. The van der Waals surface area contributed by atoms with Gasteiger partial charge in [-0.15, -0.1) is 0 Å². The first-order chi connectivity index (χ1) is 12.9. The normalized spacial score (nSPS) is 10.3. The number of halogens is 1. The molecule has 0 bridgehead atoms. The molecule has 6 heteroatoms. The quantitative estimate of drug-likeness (QED) is 0.724. The van der Waals surface area contributed by atoms with Gasteiger partial charge in [0.1, 0.15) is 11.5 Å². The third kappa shape index (κ3) is 4.36. The number of nitrogens with one attached hydrogen (secondary N) is 2. The van der Waals surface area contributed by atoms with Gasteiger partial charge in [0.15, 0.2) is 0 Å². The SMILES string of the molecule is Cc1cccc(C)c1NC(=O)c1cc(C(=O)Nc2ccc(F)cc2)ccn1. The van der Waals surface area contributed by atoms with Gasteiger partial charge in [-0.1, -0.05) is 18.2 Å². The molecular formula is C21H18FN3O2. The van der Waals surface area contributed by atoms with Gasteiger partial charge >= 0.3 is 0 Å². The summed E-state index contributed by atoms with van der Waals surface area (Å²) in [4.78, 5) is 29.0. The molecule has 0 fully saturated rings. The third-order valence-electron chi connectivity index (χ3n) is 4.08. The number of para-hydroxylation sites is 1. The summed E-state index contributed by atoms with van der Waals surface area (Å²) >= 11 is 0. The smallest absolute Gasteiger partial charge is 0.274 e. The molecule has 2 N–H and O–H groups in total. The van der Waals surface area contributed by atoms with Crippen LogP contribution in [0.15, 0.2) is 60.8 Å². The van der Waals surface area contributed by atoms with Gasteiger partial charge in [0.05, 0.1) is 0 Å². The molecule has 0 spiro atoms. The lowest BCUT2D eigenvalue weighted by Crippen LogP contribution is -2.17. The van der Waals surface area contributed by atoms with Crippen molar-refractivity contribution >= 4 is 23.2 Å². The van der Waals surface area contributed by atoms with Crippen LogP contribution in [0.2, 0.25) is 0 Å². The molecule has 5 nitrogen and oxygen atoms in total. The first kappa shape index (κ1) is 18.3. The molecule has 0 saturated carbocycles. The molecule has 0 aliphatic heterocycles. The highest BCUT2D eigenvalue weighted by atomic mass is 19.1. The minimum atomic E-state index is -0.412. The fourth-order valence-corrected chi connectivity index (χ4v) is 2.62. The number of aryl methyl sites for hydroxylation is 2. The van der Waals surface area contributed by atoms with Crippen LogP contribution in [0, 0.1) is 19.7 Å². The molecule has 0 atom stereocenters. The number of amides is 2. The van der Waals surface area contributed by atoms with Crippen molar-refractivity contribution in [1.29, 1.82) is 0 Å². The lowest BCUT2D eigenvalue weighted by atomic mass is 10.1. The standard InChI is InChI=1S/C21H18FN3O2/c1-13-4-3-5-14(2)19(13)25-21(27)18-12-15(10-11-23-18)20(26)24-17-8-6-16(22)7-9-17/h3-12H,1-2H3,(H,24,26)(H,25,27). The van der Waals surface area contributed by atoms with Crippen LogP contribution in [0.1, 0.15) is 32.0 Å². The zero-order valence-electron chi connectivity index (χ0n) is 14.9. The Morgan fingerprint density at radius 3 is 2.22 bits per heavy atom. The van der Waals surface area contributed by atoms with Crippen LogP contribution in [-0.4, -0.2) is 16.8 Å². The number of carbonyl (C=O) groups is 2. The van der Waals surface area contributed by atoms with Crippen molar-refractivity contribution in [1.82, 2.24) is 4.98 Å². The van der Waals surface area contributed by atoms with E-state index < -0.39 is 11.8 Å².